The van der Waals surface area contributed by atoms with Crippen molar-refractivity contribution in [2.75, 3.05) is 11.5 Å². The van der Waals surface area contributed by atoms with Crippen molar-refractivity contribution in [1.82, 2.24) is 0 Å². The standard InChI is InChI=1S/C12H14BrNO3S/c13-8-1-2-9-10(7-8)14(16)11(15)12(9)3-5-18(17)6-4-12/h2,7-8,14H,1,3-6H2. The van der Waals surface area contributed by atoms with Crippen molar-refractivity contribution in [2.24, 2.45) is 5.41 Å². The molecule has 4 nitrogen and oxygen atoms in total. The number of nitrogens with one attached hydrogen (secondary N) is 1. The molecule has 3 aliphatic rings. The number of alkyl halides is 1. The van der Waals surface area contributed by atoms with Gasteiger partial charge >= 0.3 is 5.91 Å². The Kier molecular flexibility index (Phi) is 3.18. The van der Waals surface area contributed by atoms with E-state index in [0.29, 0.717) is 30.0 Å². The van der Waals surface area contributed by atoms with E-state index >= 15 is 0 Å². The average molecular weight is 332 g/mol. The van der Waals surface area contributed by atoms with Gasteiger partial charge in [-0.15, -0.1) is 0 Å². The van der Waals surface area contributed by atoms with Crippen LogP contribution in [-0.4, -0.2) is 26.8 Å². The number of fused-ring (bicyclic) bond motifs is 2. The molecular weight excluding hydrogens is 318 g/mol. The van der Waals surface area contributed by atoms with E-state index in [-0.39, 0.29) is 15.8 Å². The maximum Gasteiger partial charge on any atom is 0.328 e. The van der Waals surface area contributed by atoms with Crippen LogP contribution in [0.1, 0.15) is 19.3 Å². The minimum atomic E-state index is -0.827. The summed E-state index contributed by atoms with van der Waals surface area (Å²) in [6.07, 6.45) is 5.80. The molecule has 18 heavy (non-hydrogen) atoms. The van der Waals surface area contributed by atoms with Crippen molar-refractivity contribution in [3.05, 3.63) is 28.6 Å². The normalized spacial score (nSPS) is 43.7. The first-order chi connectivity index (χ1) is 8.54. The number of rotatable bonds is 0. The fraction of sp³-hybridized carbons (Fsp3) is 0.583. The molecule has 0 aromatic heterocycles. The topological polar surface area (TPSA) is 67.6 Å². The zero-order valence-electron chi connectivity index (χ0n) is 9.78. The SMILES string of the molecule is O=C1[NH+]([O-])C2=CC(Br)CC=C2C12CC[S+]([O-])CC2. The molecule has 1 aliphatic carbocycles. The highest BCUT2D eigenvalue weighted by Gasteiger charge is 2.58. The first-order valence-corrected chi connectivity index (χ1v) is 8.46. The number of carbonyl (C=O) groups excluding carboxylic acids is 1. The maximum absolute atomic E-state index is 12.3. The largest absolute Gasteiger partial charge is 0.621 e. The second-order valence-electron chi connectivity index (χ2n) is 5.04. The number of hydrogen-bond acceptors (Lipinski definition) is 3. The second-order valence-corrected chi connectivity index (χ2v) is 7.91. The molecule has 1 spiro atoms. The van der Waals surface area contributed by atoms with Crippen molar-refractivity contribution in [3.8, 4) is 0 Å². The number of halogens is 1. The summed E-state index contributed by atoms with van der Waals surface area (Å²) >= 11 is 2.63. The lowest BCUT2D eigenvalue weighted by atomic mass is 9.74. The maximum atomic E-state index is 12.3. The molecule has 2 heterocycles. The summed E-state index contributed by atoms with van der Waals surface area (Å²) in [5.41, 5.74) is 0.843. The molecule has 0 aromatic rings. The fourth-order valence-electron chi connectivity index (χ4n) is 3.09. The molecule has 2 atom stereocenters. The van der Waals surface area contributed by atoms with Gasteiger partial charge in [-0.25, -0.2) is 4.79 Å². The summed E-state index contributed by atoms with van der Waals surface area (Å²) in [5, 5.41) is 11.7. The van der Waals surface area contributed by atoms with E-state index in [4.69, 9.17) is 0 Å². The van der Waals surface area contributed by atoms with Gasteiger partial charge in [-0.3, -0.25) is 5.06 Å². The molecule has 98 valence electrons. The molecule has 2 fully saturated rings. The Morgan fingerprint density at radius 1 is 1.44 bits per heavy atom. The number of carbonyl (C=O) groups is 1. The number of hydrogen-bond donors (Lipinski definition) is 1. The van der Waals surface area contributed by atoms with Crippen molar-refractivity contribution in [3.63, 3.8) is 0 Å². The van der Waals surface area contributed by atoms with E-state index in [0.717, 1.165) is 12.0 Å². The highest BCUT2D eigenvalue weighted by Crippen LogP contribution is 2.46. The van der Waals surface area contributed by atoms with E-state index in [2.05, 4.69) is 15.9 Å². The van der Waals surface area contributed by atoms with Crippen LogP contribution in [0.15, 0.2) is 23.4 Å². The summed E-state index contributed by atoms with van der Waals surface area (Å²) in [6.45, 7) is 0. The minimum Gasteiger partial charge on any atom is -0.621 e. The monoisotopic (exact) mass is 331 g/mol. The van der Waals surface area contributed by atoms with Gasteiger partial charge in [0.15, 0.2) is 0 Å². The van der Waals surface area contributed by atoms with Crippen LogP contribution in [0.5, 0.6) is 0 Å². The molecule has 2 unspecified atom stereocenters. The summed E-state index contributed by atoms with van der Waals surface area (Å²) in [7, 11) is 0. The van der Waals surface area contributed by atoms with Crippen molar-refractivity contribution >= 4 is 33.0 Å². The van der Waals surface area contributed by atoms with Crippen molar-refractivity contribution in [1.29, 1.82) is 0 Å². The van der Waals surface area contributed by atoms with Gasteiger partial charge in [0.05, 0.1) is 0 Å². The molecule has 1 amide bonds. The fourth-order valence-corrected chi connectivity index (χ4v) is 4.90. The minimum absolute atomic E-state index is 0.140. The Morgan fingerprint density at radius 2 is 2.11 bits per heavy atom. The van der Waals surface area contributed by atoms with Crippen LogP contribution in [0.25, 0.3) is 0 Å². The van der Waals surface area contributed by atoms with Crippen LogP contribution < -0.4 is 5.06 Å². The lowest BCUT2D eigenvalue weighted by Gasteiger charge is -2.31. The van der Waals surface area contributed by atoms with Gasteiger partial charge in [0, 0.05) is 23.2 Å². The smallest absolute Gasteiger partial charge is 0.328 e. The molecule has 1 N–H and O–H groups in total. The van der Waals surface area contributed by atoms with Crippen LogP contribution in [0.3, 0.4) is 0 Å². The average Bonchev–Trinajstić information content (AvgIpc) is 2.56. The van der Waals surface area contributed by atoms with Gasteiger partial charge in [-0.2, -0.15) is 0 Å². The van der Waals surface area contributed by atoms with E-state index in [1.165, 1.54) is 0 Å². The Bertz CT molecular complexity index is 454. The zero-order valence-corrected chi connectivity index (χ0v) is 12.2. The first-order valence-electron chi connectivity index (χ1n) is 6.05. The lowest BCUT2D eigenvalue weighted by Crippen LogP contribution is -3.07. The Balaban J connectivity index is 2.01. The van der Waals surface area contributed by atoms with Crippen LogP contribution in [0.2, 0.25) is 0 Å². The van der Waals surface area contributed by atoms with Crippen molar-refractivity contribution < 1.29 is 14.4 Å². The van der Waals surface area contributed by atoms with E-state index < -0.39 is 16.6 Å². The lowest BCUT2D eigenvalue weighted by molar-refractivity contribution is -0.713. The van der Waals surface area contributed by atoms with E-state index in [1.807, 2.05) is 12.2 Å². The van der Waals surface area contributed by atoms with Crippen LogP contribution in [-0.2, 0) is 16.0 Å². The molecule has 2 aliphatic heterocycles. The third-order valence-electron chi connectivity index (χ3n) is 4.10. The highest BCUT2D eigenvalue weighted by molar-refractivity contribution is 9.09. The molecule has 3 rings (SSSR count). The predicted molar refractivity (Wildman–Crippen MR) is 72.4 cm³/mol. The summed E-state index contributed by atoms with van der Waals surface area (Å²) in [6, 6.07) is 0. The summed E-state index contributed by atoms with van der Waals surface area (Å²) in [5.74, 6) is 0.779. The second kappa shape index (κ2) is 4.45. The molecule has 0 saturated carbocycles. The predicted octanol–water partition coefficient (Wildman–Crippen LogP) is 0.416. The van der Waals surface area contributed by atoms with E-state index in [1.54, 1.807) is 0 Å². The number of quaternary nitrogens is 1. The quantitative estimate of drug-likeness (QED) is 0.397. The molecule has 0 radical (unpaired) electrons. The first kappa shape index (κ1) is 12.9. The van der Waals surface area contributed by atoms with Crippen LogP contribution >= 0.6 is 15.9 Å². The van der Waals surface area contributed by atoms with Crippen molar-refractivity contribution in [2.45, 2.75) is 24.1 Å². The highest BCUT2D eigenvalue weighted by atomic mass is 79.9. The van der Waals surface area contributed by atoms with Gasteiger partial charge < -0.3 is 9.76 Å². The Morgan fingerprint density at radius 3 is 2.78 bits per heavy atom. The number of hydroxylamine groups is 2. The summed E-state index contributed by atoms with van der Waals surface area (Å²) in [4.78, 5) is 12.5. The molecular formula is C12H14BrNO3S. The van der Waals surface area contributed by atoms with Gasteiger partial charge in [0.25, 0.3) is 0 Å². The van der Waals surface area contributed by atoms with Crippen LogP contribution in [0, 0.1) is 10.6 Å². The van der Waals surface area contributed by atoms with E-state index in [9.17, 15) is 14.6 Å². The Hall–Kier alpha value is -0.140. The summed E-state index contributed by atoms with van der Waals surface area (Å²) < 4.78 is 11.5. The molecule has 2 saturated heterocycles. The third kappa shape index (κ3) is 1.74. The molecule has 0 bridgehead atoms. The molecule has 6 heteroatoms. The third-order valence-corrected chi connectivity index (χ3v) is 6.06. The Labute approximate surface area is 117 Å². The number of amides is 1. The van der Waals surface area contributed by atoms with Gasteiger partial charge in [0.1, 0.15) is 22.6 Å². The van der Waals surface area contributed by atoms with Gasteiger partial charge in [-0.05, 0) is 12.5 Å². The van der Waals surface area contributed by atoms with Gasteiger partial charge in [0.2, 0.25) is 0 Å². The van der Waals surface area contributed by atoms with Gasteiger partial charge in [-0.1, -0.05) is 33.2 Å². The zero-order chi connectivity index (χ0) is 12.9. The number of allylic oxidation sites excluding steroid dienone is 3. The molecule has 0 aromatic carbocycles. The van der Waals surface area contributed by atoms with Crippen LogP contribution in [0.4, 0.5) is 0 Å².